The van der Waals surface area contributed by atoms with Crippen LogP contribution in [0.1, 0.15) is 23.9 Å². The Morgan fingerprint density at radius 2 is 2.03 bits per heavy atom. The Bertz CT molecular complexity index is 1110. The molecule has 1 amide bonds. The van der Waals surface area contributed by atoms with Crippen LogP contribution in [-0.2, 0) is 11.3 Å². The maximum Gasteiger partial charge on any atom is 0.387 e. The van der Waals surface area contributed by atoms with Crippen molar-refractivity contribution in [2.24, 2.45) is 0 Å². The molecular formula is C23H22F3N3O3. The zero-order chi connectivity index (χ0) is 23.1. The molecule has 1 heterocycles. The third-order valence-corrected chi connectivity index (χ3v) is 4.47. The van der Waals surface area contributed by atoms with Gasteiger partial charge in [0.05, 0.1) is 12.3 Å². The molecule has 0 radical (unpaired) electrons. The van der Waals surface area contributed by atoms with Gasteiger partial charge in [0.1, 0.15) is 11.6 Å². The van der Waals surface area contributed by atoms with Crippen molar-refractivity contribution >= 4 is 12.0 Å². The van der Waals surface area contributed by atoms with Gasteiger partial charge >= 0.3 is 6.61 Å². The molecule has 3 rings (SSSR count). The number of nitrogens with one attached hydrogen (secondary N) is 1. The molecule has 1 N–H and O–H groups in total. The molecule has 1 aromatic heterocycles. The van der Waals surface area contributed by atoms with Crippen LogP contribution < -0.4 is 14.8 Å². The summed E-state index contributed by atoms with van der Waals surface area (Å²) < 4.78 is 50.8. The fourth-order valence-corrected chi connectivity index (χ4v) is 3.00. The highest BCUT2D eigenvalue weighted by molar-refractivity contribution is 5.91. The van der Waals surface area contributed by atoms with E-state index in [-0.39, 0.29) is 24.7 Å². The van der Waals surface area contributed by atoms with Gasteiger partial charge < -0.3 is 19.4 Å². The van der Waals surface area contributed by atoms with Gasteiger partial charge in [0, 0.05) is 25.0 Å². The quantitative estimate of drug-likeness (QED) is 0.487. The predicted molar refractivity (Wildman–Crippen MR) is 113 cm³/mol. The molecule has 6 nitrogen and oxygen atoms in total. The van der Waals surface area contributed by atoms with E-state index in [4.69, 9.17) is 4.74 Å². The number of imidazole rings is 1. The number of nitrogens with zero attached hydrogens (tertiary/aromatic N) is 2. The van der Waals surface area contributed by atoms with E-state index in [1.165, 1.54) is 36.4 Å². The molecule has 0 fully saturated rings. The number of aryl methyl sites for hydroxylation is 1. The minimum atomic E-state index is -2.97. The van der Waals surface area contributed by atoms with Crippen molar-refractivity contribution in [3.63, 3.8) is 0 Å². The summed E-state index contributed by atoms with van der Waals surface area (Å²) in [5.41, 5.74) is 1.54. The number of benzene rings is 2. The number of amides is 1. The molecule has 0 saturated carbocycles. The Hall–Kier alpha value is -3.75. The van der Waals surface area contributed by atoms with Gasteiger partial charge in [-0.05, 0) is 55.3 Å². The summed E-state index contributed by atoms with van der Waals surface area (Å²) in [6, 6.07) is 9.07. The first-order valence-electron chi connectivity index (χ1n) is 9.83. The van der Waals surface area contributed by atoms with Crippen molar-refractivity contribution in [2.75, 3.05) is 6.61 Å². The van der Waals surface area contributed by atoms with Crippen LogP contribution in [0.25, 0.3) is 11.8 Å². The first kappa shape index (κ1) is 22.9. The van der Waals surface area contributed by atoms with Crippen molar-refractivity contribution in [3.05, 3.63) is 77.6 Å². The SMILES string of the molecule is CCOc1cc(/C=C/C(=O)NCc2ccc(-n3ccnc3C)c(F)c2)ccc1OC(F)F. The van der Waals surface area contributed by atoms with E-state index < -0.39 is 18.3 Å². The lowest BCUT2D eigenvalue weighted by Crippen LogP contribution is -2.20. The average molecular weight is 445 g/mol. The number of carbonyl (C=O) groups is 1. The standard InChI is InChI=1S/C23H22F3N3O3/c1-3-31-21-13-16(5-8-20(21)32-23(25)26)6-9-22(30)28-14-17-4-7-19(18(24)12-17)29-11-10-27-15(29)2/h4-13,23H,3,14H2,1-2H3,(H,28,30)/b9-6+. The zero-order valence-corrected chi connectivity index (χ0v) is 17.5. The van der Waals surface area contributed by atoms with Crippen LogP contribution in [0.3, 0.4) is 0 Å². The predicted octanol–water partition coefficient (Wildman–Crippen LogP) is 4.65. The summed E-state index contributed by atoms with van der Waals surface area (Å²) in [5, 5.41) is 2.67. The fraction of sp³-hybridized carbons (Fsp3) is 0.217. The number of alkyl halides is 2. The Balaban J connectivity index is 1.61. The minimum absolute atomic E-state index is 0.0835. The van der Waals surface area contributed by atoms with E-state index in [0.717, 1.165) is 0 Å². The summed E-state index contributed by atoms with van der Waals surface area (Å²) in [7, 11) is 0. The summed E-state index contributed by atoms with van der Waals surface area (Å²) in [6.07, 6.45) is 6.06. The van der Waals surface area contributed by atoms with E-state index in [0.29, 0.717) is 22.6 Å². The number of hydrogen-bond donors (Lipinski definition) is 1. The van der Waals surface area contributed by atoms with Crippen LogP contribution in [0.4, 0.5) is 13.2 Å². The van der Waals surface area contributed by atoms with Crippen molar-refractivity contribution < 1.29 is 27.4 Å². The summed E-state index contributed by atoms with van der Waals surface area (Å²) in [4.78, 5) is 16.2. The van der Waals surface area contributed by atoms with Crippen molar-refractivity contribution in [3.8, 4) is 17.2 Å². The summed E-state index contributed by atoms with van der Waals surface area (Å²) in [5.74, 6) is -0.0935. The van der Waals surface area contributed by atoms with Crippen LogP contribution >= 0.6 is 0 Å². The highest BCUT2D eigenvalue weighted by Gasteiger charge is 2.11. The largest absolute Gasteiger partial charge is 0.490 e. The zero-order valence-electron chi connectivity index (χ0n) is 17.5. The van der Waals surface area contributed by atoms with Crippen molar-refractivity contribution in [1.82, 2.24) is 14.9 Å². The van der Waals surface area contributed by atoms with Crippen LogP contribution in [0.2, 0.25) is 0 Å². The smallest absolute Gasteiger partial charge is 0.387 e. The number of hydrogen-bond acceptors (Lipinski definition) is 4. The summed E-state index contributed by atoms with van der Waals surface area (Å²) >= 11 is 0. The van der Waals surface area contributed by atoms with Gasteiger partial charge in [-0.15, -0.1) is 0 Å². The summed E-state index contributed by atoms with van der Waals surface area (Å²) in [6.45, 7) is 0.923. The molecule has 0 aliphatic carbocycles. The van der Waals surface area contributed by atoms with Crippen LogP contribution in [0, 0.1) is 12.7 Å². The third kappa shape index (κ3) is 5.90. The van der Waals surface area contributed by atoms with Crippen molar-refractivity contribution in [2.45, 2.75) is 27.0 Å². The van der Waals surface area contributed by atoms with Gasteiger partial charge in [-0.25, -0.2) is 9.37 Å². The molecule has 168 valence electrons. The number of halogens is 3. The van der Waals surface area contributed by atoms with E-state index in [9.17, 15) is 18.0 Å². The van der Waals surface area contributed by atoms with Crippen LogP contribution in [-0.4, -0.2) is 28.7 Å². The number of carbonyl (C=O) groups excluding carboxylic acids is 1. The van der Waals surface area contributed by atoms with E-state index in [2.05, 4.69) is 15.0 Å². The van der Waals surface area contributed by atoms with E-state index >= 15 is 0 Å². The Morgan fingerprint density at radius 1 is 1.22 bits per heavy atom. The number of aromatic nitrogens is 2. The maximum atomic E-state index is 14.5. The lowest BCUT2D eigenvalue weighted by Gasteiger charge is -2.11. The number of ether oxygens (including phenoxy) is 2. The normalized spacial score (nSPS) is 11.2. The van der Waals surface area contributed by atoms with E-state index in [1.807, 2.05) is 0 Å². The molecule has 0 bridgehead atoms. The molecule has 0 saturated heterocycles. The lowest BCUT2D eigenvalue weighted by molar-refractivity contribution is -0.116. The van der Waals surface area contributed by atoms with E-state index in [1.54, 1.807) is 42.9 Å². The van der Waals surface area contributed by atoms with Gasteiger partial charge in [0.2, 0.25) is 5.91 Å². The monoisotopic (exact) mass is 445 g/mol. The van der Waals surface area contributed by atoms with Gasteiger partial charge in [-0.2, -0.15) is 8.78 Å². The second-order valence-electron chi connectivity index (χ2n) is 6.70. The highest BCUT2D eigenvalue weighted by Crippen LogP contribution is 2.30. The van der Waals surface area contributed by atoms with Crippen LogP contribution in [0.15, 0.2) is 54.9 Å². The number of rotatable bonds is 9. The molecule has 0 aliphatic rings. The molecule has 0 spiro atoms. The fourth-order valence-electron chi connectivity index (χ4n) is 3.00. The molecule has 0 aliphatic heterocycles. The molecule has 32 heavy (non-hydrogen) atoms. The van der Waals surface area contributed by atoms with Crippen molar-refractivity contribution in [1.29, 1.82) is 0 Å². The molecular weight excluding hydrogens is 423 g/mol. The maximum absolute atomic E-state index is 14.5. The second kappa shape index (κ2) is 10.5. The third-order valence-electron chi connectivity index (χ3n) is 4.47. The van der Waals surface area contributed by atoms with Gasteiger partial charge in [0.15, 0.2) is 11.5 Å². The van der Waals surface area contributed by atoms with Crippen LogP contribution in [0.5, 0.6) is 11.5 Å². The highest BCUT2D eigenvalue weighted by atomic mass is 19.3. The van der Waals surface area contributed by atoms with Gasteiger partial charge in [0.25, 0.3) is 0 Å². The molecule has 3 aromatic rings. The minimum Gasteiger partial charge on any atom is -0.490 e. The first-order valence-corrected chi connectivity index (χ1v) is 9.83. The Morgan fingerprint density at radius 3 is 2.69 bits per heavy atom. The Labute approximate surface area is 183 Å². The molecule has 0 atom stereocenters. The lowest BCUT2D eigenvalue weighted by atomic mass is 10.1. The molecule has 0 unspecified atom stereocenters. The second-order valence-corrected chi connectivity index (χ2v) is 6.70. The van der Waals surface area contributed by atoms with Gasteiger partial charge in [-0.3, -0.25) is 4.79 Å². The molecule has 2 aromatic carbocycles. The average Bonchev–Trinajstić information content (AvgIpc) is 3.18. The topological polar surface area (TPSA) is 65.4 Å². The van der Waals surface area contributed by atoms with Gasteiger partial charge in [-0.1, -0.05) is 12.1 Å². The molecule has 9 heteroatoms. The Kier molecular flexibility index (Phi) is 7.54. The first-order chi connectivity index (χ1) is 15.4.